The van der Waals surface area contributed by atoms with Crippen molar-refractivity contribution in [1.29, 1.82) is 0 Å². The number of para-hydroxylation sites is 1. The summed E-state index contributed by atoms with van der Waals surface area (Å²) in [7, 11) is 0. The lowest BCUT2D eigenvalue weighted by atomic mass is 9.97. The Morgan fingerprint density at radius 1 is 1.08 bits per heavy atom. The summed E-state index contributed by atoms with van der Waals surface area (Å²) in [4.78, 5) is 31.1. The molecular formula is C28H29N3O4S. The number of fused-ring (bicyclic) bond motifs is 1. The van der Waals surface area contributed by atoms with Crippen LogP contribution >= 0.6 is 11.9 Å². The molecule has 4 rings (SSSR count). The molecule has 0 fully saturated rings. The molecular weight excluding hydrogens is 474 g/mol. The van der Waals surface area contributed by atoms with Gasteiger partial charge in [0.25, 0.3) is 5.91 Å². The van der Waals surface area contributed by atoms with E-state index in [2.05, 4.69) is 33.0 Å². The second kappa shape index (κ2) is 11.3. The van der Waals surface area contributed by atoms with E-state index in [1.807, 2.05) is 39.0 Å². The van der Waals surface area contributed by atoms with E-state index in [1.165, 1.54) is 17.3 Å². The van der Waals surface area contributed by atoms with Crippen LogP contribution in [0.2, 0.25) is 0 Å². The van der Waals surface area contributed by atoms with Gasteiger partial charge in [0.2, 0.25) is 0 Å². The SMILES string of the molecule is CCO/N=C(/c1ccc(NC(=O)c2ccc(SN3CCc4ccccc43)cc2)c(C(=O)O)c1)C(C)C. The van der Waals surface area contributed by atoms with Crippen molar-refractivity contribution in [3.05, 3.63) is 89.0 Å². The van der Waals surface area contributed by atoms with Crippen molar-refractivity contribution < 1.29 is 19.5 Å². The number of aromatic carboxylic acids is 1. The monoisotopic (exact) mass is 503 g/mol. The molecule has 186 valence electrons. The minimum absolute atomic E-state index is 0.00873. The molecule has 0 aliphatic carbocycles. The molecule has 36 heavy (non-hydrogen) atoms. The molecule has 1 heterocycles. The zero-order valence-corrected chi connectivity index (χ0v) is 21.3. The molecule has 0 bridgehead atoms. The molecule has 0 saturated heterocycles. The van der Waals surface area contributed by atoms with Crippen LogP contribution in [-0.2, 0) is 11.3 Å². The Balaban J connectivity index is 1.48. The third-order valence-corrected chi connectivity index (χ3v) is 6.89. The number of nitrogens with zero attached hydrogens (tertiary/aromatic N) is 2. The lowest BCUT2D eigenvalue weighted by Gasteiger charge is -2.18. The van der Waals surface area contributed by atoms with Crippen molar-refractivity contribution in [3.8, 4) is 0 Å². The Morgan fingerprint density at radius 3 is 2.50 bits per heavy atom. The van der Waals surface area contributed by atoms with E-state index in [4.69, 9.17) is 4.84 Å². The Bertz CT molecular complexity index is 1290. The van der Waals surface area contributed by atoms with Gasteiger partial charge in [0.15, 0.2) is 0 Å². The predicted octanol–water partition coefficient (Wildman–Crippen LogP) is 6.10. The zero-order chi connectivity index (χ0) is 25.7. The standard InChI is InChI=1S/C28H29N3O4S/c1-4-35-30-26(18(2)3)21-11-14-24(23(17-21)28(33)34)29-27(32)20-9-12-22(13-10-20)36-31-16-15-19-7-5-6-8-25(19)31/h5-14,17-18H,4,15-16H2,1-3H3,(H,29,32)(H,33,34)/b30-26+. The third kappa shape index (κ3) is 5.71. The van der Waals surface area contributed by atoms with E-state index >= 15 is 0 Å². The Labute approximate surface area is 215 Å². The van der Waals surface area contributed by atoms with Crippen LogP contribution in [0.5, 0.6) is 0 Å². The van der Waals surface area contributed by atoms with Gasteiger partial charge < -0.3 is 19.6 Å². The molecule has 0 radical (unpaired) electrons. The second-order valence-corrected chi connectivity index (χ2v) is 9.76. The molecule has 0 atom stereocenters. The summed E-state index contributed by atoms with van der Waals surface area (Å²) in [6.45, 7) is 7.10. The molecule has 0 aromatic heterocycles. The van der Waals surface area contributed by atoms with E-state index in [1.54, 1.807) is 36.2 Å². The highest BCUT2D eigenvalue weighted by Crippen LogP contribution is 2.36. The van der Waals surface area contributed by atoms with Gasteiger partial charge in [-0.25, -0.2) is 4.79 Å². The summed E-state index contributed by atoms with van der Waals surface area (Å²) >= 11 is 1.64. The number of amides is 1. The topological polar surface area (TPSA) is 91.2 Å². The fraction of sp³-hybridized carbons (Fsp3) is 0.250. The number of carbonyl (C=O) groups is 2. The highest BCUT2D eigenvalue weighted by atomic mass is 32.2. The molecule has 1 aliphatic rings. The average molecular weight is 504 g/mol. The minimum Gasteiger partial charge on any atom is -0.478 e. The van der Waals surface area contributed by atoms with Crippen LogP contribution in [-0.4, -0.2) is 35.8 Å². The van der Waals surface area contributed by atoms with Crippen LogP contribution in [0.25, 0.3) is 0 Å². The van der Waals surface area contributed by atoms with Crippen molar-refractivity contribution in [2.45, 2.75) is 32.1 Å². The summed E-state index contributed by atoms with van der Waals surface area (Å²) in [5, 5.41) is 16.7. The number of carboxylic acid groups (broad SMARTS) is 1. The Morgan fingerprint density at radius 2 is 1.81 bits per heavy atom. The lowest BCUT2D eigenvalue weighted by Crippen LogP contribution is -2.17. The number of nitrogens with one attached hydrogen (secondary N) is 1. The van der Waals surface area contributed by atoms with Crippen molar-refractivity contribution in [3.63, 3.8) is 0 Å². The van der Waals surface area contributed by atoms with Gasteiger partial charge in [-0.15, -0.1) is 0 Å². The summed E-state index contributed by atoms with van der Waals surface area (Å²) in [5.74, 6) is -1.48. The lowest BCUT2D eigenvalue weighted by molar-refractivity contribution is 0.0698. The number of benzene rings is 3. The van der Waals surface area contributed by atoms with Crippen LogP contribution in [0.1, 0.15) is 52.6 Å². The number of hydrogen-bond donors (Lipinski definition) is 2. The Hall–Kier alpha value is -3.78. The number of carboxylic acids is 1. The van der Waals surface area contributed by atoms with Crippen molar-refractivity contribution in [2.75, 3.05) is 22.8 Å². The number of oxime groups is 1. The van der Waals surface area contributed by atoms with E-state index in [0.29, 0.717) is 23.4 Å². The van der Waals surface area contributed by atoms with Gasteiger partial charge >= 0.3 is 5.97 Å². The van der Waals surface area contributed by atoms with Gasteiger partial charge in [-0.2, -0.15) is 0 Å². The first-order valence-electron chi connectivity index (χ1n) is 11.9. The summed E-state index contributed by atoms with van der Waals surface area (Å²) in [5.41, 5.74) is 4.51. The normalized spacial score (nSPS) is 13.0. The first-order chi connectivity index (χ1) is 17.4. The van der Waals surface area contributed by atoms with Gasteiger partial charge in [0.05, 0.1) is 22.6 Å². The third-order valence-electron chi connectivity index (χ3n) is 5.81. The molecule has 3 aromatic carbocycles. The predicted molar refractivity (Wildman–Crippen MR) is 144 cm³/mol. The quantitative estimate of drug-likeness (QED) is 0.208. The molecule has 1 aliphatic heterocycles. The van der Waals surface area contributed by atoms with Crippen molar-refractivity contribution >= 4 is 40.9 Å². The fourth-order valence-corrected chi connectivity index (χ4v) is 4.98. The molecule has 3 aromatic rings. The molecule has 7 nitrogen and oxygen atoms in total. The largest absolute Gasteiger partial charge is 0.478 e. The average Bonchev–Trinajstić information content (AvgIpc) is 3.27. The van der Waals surface area contributed by atoms with Gasteiger partial charge in [0, 0.05) is 22.6 Å². The molecule has 0 unspecified atom stereocenters. The van der Waals surface area contributed by atoms with Crippen LogP contribution < -0.4 is 9.62 Å². The number of carbonyl (C=O) groups excluding carboxylic acids is 1. The second-order valence-electron chi connectivity index (χ2n) is 8.67. The van der Waals surface area contributed by atoms with Crippen LogP contribution in [0.3, 0.4) is 0 Å². The Kier molecular flexibility index (Phi) is 7.95. The zero-order valence-electron chi connectivity index (χ0n) is 20.5. The van der Waals surface area contributed by atoms with Crippen LogP contribution in [0, 0.1) is 5.92 Å². The maximum Gasteiger partial charge on any atom is 0.337 e. The molecule has 0 saturated carbocycles. The van der Waals surface area contributed by atoms with E-state index in [-0.39, 0.29) is 23.1 Å². The highest BCUT2D eigenvalue weighted by Gasteiger charge is 2.20. The molecule has 0 spiro atoms. The minimum atomic E-state index is -1.13. The molecule has 1 amide bonds. The van der Waals surface area contributed by atoms with E-state index in [9.17, 15) is 14.7 Å². The van der Waals surface area contributed by atoms with Gasteiger partial charge in [-0.05, 0) is 79.2 Å². The summed E-state index contributed by atoms with van der Waals surface area (Å²) in [6.07, 6.45) is 1.02. The van der Waals surface area contributed by atoms with E-state index < -0.39 is 5.97 Å². The molecule has 8 heteroatoms. The van der Waals surface area contributed by atoms with Crippen LogP contribution in [0.15, 0.2) is 76.8 Å². The van der Waals surface area contributed by atoms with Gasteiger partial charge in [0.1, 0.15) is 6.61 Å². The summed E-state index contributed by atoms with van der Waals surface area (Å²) < 4.78 is 2.26. The first kappa shape index (κ1) is 25.3. The number of hydrogen-bond acceptors (Lipinski definition) is 6. The molecule has 2 N–H and O–H groups in total. The van der Waals surface area contributed by atoms with E-state index in [0.717, 1.165) is 17.9 Å². The maximum atomic E-state index is 12.9. The number of rotatable bonds is 9. The summed E-state index contributed by atoms with van der Waals surface area (Å²) in [6, 6.07) is 20.5. The van der Waals surface area contributed by atoms with Crippen molar-refractivity contribution in [1.82, 2.24) is 0 Å². The van der Waals surface area contributed by atoms with Gasteiger partial charge in [-0.3, -0.25) is 4.79 Å². The highest BCUT2D eigenvalue weighted by molar-refractivity contribution is 8.00. The number of anilines is 2. The van der Waals surface area contributed by atoms with Crippen molar-refractivity contribution in [2.24, 2.45) is 11.1 Å². The van der Waals surface area contributed by atoms with Crippen LogP contribution in [0.4, 0.5) is 11.4 Å². The fourth-order valence-electron chi connectivity index (χ4n) is 4.01. The smallest absolute Gasteiger partial charge is 0.337 e. The maximum absolute atomic E-state index is 12.9. The first-order valence-corrected chi connectivity index (χ1v) is 12.7. The van der Waals surface area contributed by atoms with Gasteiger partial charge in [-0.1, -0.05) is 43.3 Å².